The number of hydrogen-bond donors (Lipinski definition) is 1. The van der Waals surface area contributed by atoms with Gasteiger partial charge in [-0.25, -0.2) is 0 Å². The monoisotopic (exact) mass is 255 g/mol. The molecule has 0 amide bonds. The van der Waals surface area contributed by atoms with Gasteiger partial charge in [0.15, 0.2) is 0 Å². The van der Waals surface area contributed by atoms with Crippen LogP contribution in [0.25, 0.3) is 0 Å². The second-order valence-corrected chi connectivity index (χ2v) is 4.90. The molecule has 1 N–H and O–H groups in total. The molecule has 1 aromatic rings. The fraction of sp³-hybridized carbons (Fsp3) is 0.667. The molecular formula is C12H18ClN3O. The normalized spacial score (nSPS) is 19.8. The summed E-state index contributed by atoms with van der Waals surface area (Å²) in [5.74, 6) is 0.411. The molecule has 17 heavy (non-hydrogen) atoms. The number of nitrogens with one attached hydrogen (secondary N) is 1. The molecule has 1 unspecified atom stereocenters. The Morgan fingerprint density at radius 3 is 2.94 bits per heavy atom. The minimum Gasteiger partial charge on any atom is -0.316 e. The maximum atomic E-state index is 12.1. The fourth-order valence-electron chi connectivity index (χ4n) is 2.25. The van der Waals surface area contributed by atoms with Gasteiger partial charge in [-0.1, -0.05) is 18.5 Å². The number of carbonyl (C=O) groups excluding carboxylic acids is 1. The van der Waals surface area contributed by atoms with Gasteiger partial charge in [-0.05, 0) is 19.4 Å². The number of aryl methyl sites for hydroxylation is 2. The first kappa shape index (κ1) is 12.6. The van der Waals surface area contributed by atoms with Crippen molar-refractivity contribution in [3.05, 3.63) is 16.4 Å². The lowest BCUT2D eigenvalue weighted by Crippen LogP contribution is -2.20. The van der Waals surface area contributed by atoms with Gasteiger partial charge in [-0.2, -0.15) is 5.10 Å². The molecule has 1 aliphatic rings. The van der Waals surface area contributed by atoms with E-state index in [4.69, 9.17) is 11.6 Å². The van der Waals surface area contributed by atoms with E-state index in [1.54, 1.807) is 4.68 Å². The van der Waals surface area contributed by atoms with Crippen LogP contribution in [0, 0.1) is 5.92 Å². The lowest BCUT2D eigenvalue weighted by atomic mass is 9.99. The molecule has 0 saturated carbocycles. The average molecular weight is 256 g/mol. The van der Waals surface area contributed by atoms with Crippen molar-refractivity contribution in [2.45, 2.75) is 26.2 Å². The topological polar surface area (TPSA) is 46.9 Å². The molecule has 94 valence electrons. The zero-order chi connectivity index (χ0) is 12.4. The van der Waals surface area contributed by atoms with Gasteiger partial charge < -0.3 is 5.32 Å². The number of rotatable bonds is 4. The summed E-state index contributed by atoms with van der Waals surface area (Å²) in [6, 6.07) is 0. The van der Waals surface area contributed by atoms with Crippen LogP contribution in [-0.2, 0) is 24.7 Å². The highest BCUT2D eigenvalue weighted by Crippen LogP contribution is 2.23. The van der Waals surface area contributed by atoms with E-state index < -0.39 is 0 Å². The van der Waals surface area contributed by atoms with E-state index >= 15 is 0 Å². The molecule has 0 spiro atoms. The van der Waals surface area contributed by atoms with Crippen molar-refractivity contribution in [3.8, 4) is 0 Å². The minimum absolute atomic E-state index is 0.144. The van der Waals surface area contributed by atoms with Gasteiger partial charge in [0.1, 0.15) is 5.78 Å². The smallest absolute Gasteiger partial charge is 0.143 e. The van der Waals surface area contributed by atoms with Crippen molar-refractivity contribution in [2.24, 2.45) is 13.0 Å². The van der Waals surface area contributed by atoms with E-state index in [1.807, 2.05) is 14.0 Å². The van der Waals surface area contributed by atoms with E-state index in [1.165, 1.54) is 0 Å². The van der Waals surface area contributed by atoms with Gasteiger partial charge in [0.2, 0.25) is 0 Å². The molecule has 1 saturated heterocycles. The van der Waals surface area contributed by atoms with E-state index in [9.17, 15) is 4.79 Å². The predicted octanol–water partition coefficient (Wildman–Crippen LogP) is 1.36. The van der Waals surface area contributed by atoms with Crippen LogP contribution < -0.4 is 5.32 Å². The highest BCUT2D eigenvalue weighted by Gasteiger charge is 2.25. The molecule has 0 bridgehead atoms. The summed E-state index contributed by atoms with van der Waals surface area (Å²) in [6.45, 7) is 3.76. The van der Waals surface area contributed by atoms with Gasteiger partial charge in [0.25, 0.3) is 0 Å². The number of aromatic nitrogens is 2. The standard InChI is InChI=1S/C12H18ClN3O/c1-3-9-12(13)10(16(2)15-9)6-11(17)8-4-5-14-7-8/h8,14H,3-7H2,1-2H3. The molecule has 4 nitrogen and oxygen atoms in total. The molecule has 1 atom stereocenters. The lowest BCUT2D eigenvalue weighted by Gasteiger charge is -2.07. The molecule has 0 aromatic carbocycles. The summed E-state index contributed by atoms with van der Waals surface area (Å²) >= 11 is 6.23. The van der Waals surface area contributed by atoms with E-state index in [0.717, 1.165) is 37.3 Å². The summed E-state index contributed by atoms with van der Waals surface area (Å²) in [4.78, 5) is 12.1. The summed E-state index contributed by atoms with van der Waals surface area (Å²) < 4.78 is 1.74. The Kier molecular flexibility index (Phi) is 3.84. The molecule has 1 aliphatic heterocycles. The van der Waals surface area contributed by atoms with Crippen LogP contribution in [0.2, 0.25) is 5.02 Å². The SMILES string of the molecule is CCc1nn(C)c(CC(=O)C2CCNC2)c1Cl. The minimum atomic E-state index is 0.144. The van der Waals surface area contributed by atoms with Crippen molar-refractivity contribution < 1.29 is 4.79 Å². The molecule has 1 aromatic heterocycles. The van der Waals surface area contributed by atoms with Crippen molar-refractivity contribution in [1.82, 2.24) is 15.1 Å². The zero-order valence-corrected chi connectivity index (χ0v) is 11.0. The highest BCUT2D eigenvalue weighted by molar-refractivity contribution is 6.32. The number of Topliss-reactive ketones (excluding diaryl/α,β-unsaturated/α-hetero) is 1. The van der Waals surface area contributed by atoms with Crippen molar-refractivity contribution in [2.75, 3.05) is 13.1 Å². The third-order valence-corrected chi connectivity index (χ3v) is 3.80. The van der Waals surface area contributed by atoms with Gasteiger partial charge in [-0.3, -0.25) is 9.48 Å². The van der Waals surface area contributed by atoms with Gasteiger partial charge in [0.05, 0.1) is 22.8 Å². The molecule has 0 radical (unpaired) electrons. The average Bonchev–Trinajstić information content (AvgIpc) is 2.92. The largest absolute Gasteiger partial charge is 0.316 e. The Morgan fingerprint density at radius 2 is 2.41 bits per heavy atom. The van der Waals surface area contributed by atoms with Crippen LogP contribution in [0.4, 0.5) is 0 Å². The Bertz CT molecular complexity index is 422. The first-order chi connectivity index (χ1) is 8.13. The first-order valence-corrected chi connectivity index (χ1v) is 6.45. The van der Waals surface area contributed by atoms with Gasteiger partial charge >= 0.3 is 0 Å². The third-order valence-electron chi connectivity index (χ3n) is 3.36. The summed E-state index contributed by atoms with van der Waals surface area (Å²) in [5, 5.41) is 8.19. The quantitative estimate of drug-likeness (QED) is 0.884. The highest BCUT2D eigenvalue weighted by atomic mass is 35.5. The van der Waals surface area contributed by atoms with Crippen LogP contribution in [0.5, 0.6) is 0 Å². The summed E-state index contributed by atoms with van der Waals surface area (Å²) in [6.07, 6.45) is 2.13. The first-order valence-electron chi connectivity index (χ1n) is 6.07. The molecule has 5 heteroatoms. The summed E-state index contributed by atoms with van der Waals surface area (Å²) in [5.41, 5.74) is 1.72. The van der Waals surface area contributed by atoms with E-state index in [2.05, 4.69) is 10.4 Å². The second kappa shape index (κ2) is 5.19. The Morgan fingerprint density at radius 1 is 1.65 bits per heavy atom. The van der Waals surface area contributed by atoms with Gasteiger partial charge in [0, 0.05) is 19.5 Å². The van der Waals surface area contributed by atoms with E-state index in [0.29, 0.717) is 11.4 Å². The van der Waals surface area contributed by atoms with Crippen LogP contribution in [0.1, 0.15) is 24.7 Å². The second-order valence-electron chi connectivity index (χ2n) is 4.52. The maximum absolute atomic E-state index is 12.1. The van der Waals surface area contributed by atoms with Crippen molar-refractivity contribution in [3.63, 3.8) is 0 Å². The third kappa shape index (κ3) is 2.53. The van der Waals surface area contributed by atoms with Crippen molar-refractivity contribution in [1.29, 1.82) is 0 Å². The van der Waals surface area contributed by atoms with Crippen LogP contribution >= 0.6 is 11.6 Å². The molecule has 0 aliphatic carbocycles. The van der Waals surface area contributed by atoms with E-state index in [-0.39, 0.29) is 11.7 Å². The van der Waals surface area contributed by atoms with Crippen molar-refractivity contribution >= 4 is 17.4 Å². The molecule has 1 fully saturated rings. The Labute approximate surface area is 106 Å². The van der Waals surface area contributed by atoms with Crippen LogP contribution in [0.3, 0.4) is 0 Å². The number of ketones is 1. The predicted molar refractivity (Wildman–Crippen MR) is 67.3 cm³/mol. The zero-order valence-electron chi connectivity index (χ0n) is 10.3. The summed E-state index contributed by atoms with van der Waals surface area (Å²) in [7, 11) is 1.85. The number of carbonyl (C=O) groups is 1. The number of hydrogen-bond acceptors (Lipinski definition) is 3. The molecular weight excluding hydrogens is 238 g/mol. The lowest BCUT2D eigenvalue weighted by molar-refractivity contribution is -0.121. The van der Waals surface area contributed by atoms with Gasteiger partial charge in [-0.15, -0.1) is 0 Å². The van der Waals surface area contributed by atoms with Crippen LogP contribution in [0.15, 0.2) is 0 Å². The molecule has 2 rings (SSSR count). The fourth-order valence-corrected chi connectivity index (χ4v) is 2.61. The maximum Gasteiger partial charge on any atom is 0.143 e. The number of halogens is 1. The Hall–Kier alpha value is -0.870. The Balaban J connectivity index is 2.12. The number of nitrogens with zero attached hydrogens (tertiary/aromatic N) is 2. The van der Waals surface area contributed by atoms with Crippen LogP contribution in [-0.4, -0.2) is 28.7 Å². The molecule has 2 heterocycles.